The molecule has 2 aliphatic rings. The van der Waals surface area contributed by atoms with Crippen LogP contribution in [0.3, 0.4) is 0 Å². The molecule has 2 aromatic carbocycles. The molecule has 2 amide bonds. The number of carbonyl (C=O) groups excluding carboxylic acids is 2. The molecule has 1 atom stereocenters. The number of amides is 2. The van der Waals surface area contributed by atoms with Crippen molar-refractivity contribution in [2.24, 2.45) is 0 Å². The summed E-state index contributed by atoms with van der Waals surface area (Å²) >= 11 is 0. The van der Waals surface area contributed by atoms with E-state index in [0.29, 0.717) is 38.0 Å². The zero-order valence-electron chi connectivity index (χ0n) is 18.7. The van der Waals surface area contributed by atoms with Crippen molar-refractivity contribution < 1.29 is 14.3 Å². The molecule has 2 aliphatic heterocycles. The summed E-state index contributed by atoms with van der Waals surface area (Å²) in [6.07, 6.45) is 4.33. The highest BCUT2D eigenvalue weighted by Gasteiger charge is 2.63. The number of benzene rings is 2. The van der Waals surface area contributed by atoms with Crippen LogP contribution in [-0.4, -0.2) is 45.5 Å². The van der Waals surface area contributed by atoms with Gasteiger partial charge in [0.1, 0.15) is 11.1 Å². The van der Waals surface area contributed by atoms with Crippen LogP contribution < -0.4 is 0 Å². The molecule has 5 rings (SSSR count). The summed E-state index contributed by atoms with van der Waals surface area (Å²) in [6, 6.07) is 23.3. The van der Waals surface area contributed by atoms with E-state index in [9.17, 15) is 9.59 Å². The Bertz CT molecular complexity index is 1130. The summed E-state index contributed by atoms with van der Waals surface area (Å²) in [6.45, 7) is 3.57. The predicted octanol–water partition coefficient (Wildman–Crippen LogP) is 4.62. The molecule has 3 aromatic rings. The van der Waals surface area contributed by atoms with Crippen LogP contribution >= 0.6 is 0 Å². The molecule has 33 heavy (non-hydrogen) atoms. The first-order chi connectivity index (χ1) is 16.0. The summed E-state index contributed by atoms with van der Waals surface area (Å²) < 4.78 is 6.21. The van der Waals surface area contributed by atoms with E-state index in [-0.39, 0.29) is 12.0 Å². The minimum atomic E-state index is -0.721. The SMILES string of the molecule is CC1(c2ccccc2)N(Cc2cccnc2)C(=O)OC12CCN(C(=O)c1ccccc1)CC2. The Kier molecular flexibility index (Phi) is 5.36. The monoisotopic (exact) mass is 441 g/mol. The summed E-state index contributed by atoms with van der Waals surface area (Å²) in [4.78, 5) is 34.2. The maximum Gasteiger partial charge on any atom is 0.411 e. The third kappa shape index (κ3) is 3.55. The molecule has 0 bridgehead atoms. The van der Waals surface area contributed by atoms with E-state index in [1.165, 1.54) is 0 Å². The molecule has 0 aliphatic carbocycles. The molecule has 2 saturated heterocycles. The van der Waals surface area contributed by atoms with Crippen LogP contribution in [0, 0.1) is 0 Å². The van der Waals surface area contributed by atoms with Crippen molar-refractivity contribution in [3.63, 3.8) is 0 Å². The van der Waals surface area contributed by atoms with E-state index in [0.717, 1.165) is 11.1 Å². The van der Waals surface area contributed by atoms with E-state index in [4.69, 9.17) is 4.74 Å². The molecule has 0 saturated carbocycles. The summed E-state index contributed by atoms with van der Waals surface area (Å²) in [5, 5.41) is 0. The van der Waals surface area contributed by atoms with Gasteiger partial charge in [-0.1, -0.05) is 54.6 Å². The van der Waals surface area contributed by atoms with Crippen LogP contribution in [0.15, 0.2) is 85.2 Å². The highest BCUT2D eigenvalue weighted by atomic mass is 16.6. The van der Waals surface area contributed by atoms with Gasteiger partial charge in [0.25, 0.3) is 5.91 Å². The van der Waals surface area contributed by atoms with Gasteiger partial charge in [-0.15, -0.1) is 0 Å². The van der Waals surface area contributed by atoms with E-state index in [1.807, 2.05) is 70.5 Å². The Balaban J connectivity index is 1.46. The third-order valence-corrected chi connectivity index (χ3v) is 7.21. The van der Waals surface area contributed by atoms with Crippen LogP contribution in [0.4, 0.5) is 4.79 Å². The first-order valence-corrected chi connectivity index (χ1v) is 11.3. The van der Waals surface area contributed by atoms with Crippen molar-refractivity contribution in [3.8, 4) is 0 Å². The summed E-state index contributed by atoms with van der Waals surface area (Å²) in [5.74, 6) is 0.0170. The lowest BCUT2D eigenvalue weighted by Gasteiger charge is -2.48. The first-order valence-electron chi connectivity index (χ1n) is 11.3. The van der Waals surface area contributed by atoms with Gasteiger partial charge in [0.15, 0.2) is 0 Å². The Labute approximate surface area is 193 Å². The Morgan fingerprint density at radius 3 is 2.27 bits per heavy atom. The molecule has 1 unspecified atom stereocenters. The molecule has 6 nitrogen and oxygen atoms in total. The number of likely N-dealkylation sites (tertiary alicyclic amines) is 1. The number of pyridine rings is 1. The number of aromatic nitrogens is 1. The smallest absolute Gasteiger partial charge is 0.411 e. The Morgan fingerprint density at radius 2 is 1.64 bits per heavy atom. The van der Waals surface area contributed by atoms with Gasteiger partial charge >= 0.3 is 6.09 Å². The topological polar surface area (TPSA) is 62.7 Å². The maximum absolute atomic E-state index is 13.3. The third-order valence-electron chi connectivity index (χ3n) is 7.21. The second-order valence-electron chi connectivity index (χ2n) is 8.91. The zero-order chi connectivity index (χ0) is 22.9. The normalized spacial score (nSPS) is 21.8. The fourth-order valence-corrected chi connectivity index (χ4v) is 5.25. The summed E-state index contributed by atoms with van der Waals surface area (Å²) in [5.41, 5.74) is 1.26. The average molecular weight is 442 g/mol. The largest absolute Gasteiger partial charge is 0.440 e. The molecular weight excluding hydrogens is 414 g/mol. The lowest BCUT2D eigenvalue weighted by molar-refractivity contribution is -0.0551. The number of piperidine rings is 1. The van der Waals surface area contributed by atoms with E-state index in [2.05, 4.69) is 24.0 Å². The number of hydrogen-bond donors (Lipinski definition) is 0. The van der Waals surface area contributed by atoms with Crippen LogP contribution in [0.25, 0.3) is 0 Å². The van der Waals surface area contributed by atoms with Gasteiger partial charge in [0.05, 0.1) is 6.54 Å². The van der Waals surface area contributed by atoms with Gasteiger partial charge < -0.3 is 9.64 Å². The molecule has 1 aromatic heterocycles. The van der Waals surface area contributed by atoms with E-state index in [1.54, 1.807) is 12.4 Å². The lowest BCUT2D eigenvalue weighted by Crippen LogP contribution is -2.58. The molecular formula is C27H27N3O3. The van der Waals surface area contributed by atoms with Crippen LogP contribution in [0.2, 0.25) is 0 Å². The molecule has 6 heteroatoms. The molecule has 2 fully saturated rings. The fraction of sp³-hybridized carbons (Fsp3) is 0.296. The molecule has 3 heterocycles. The minimum Gasteiger partial charge on any atom is -0.440 e. The average Bonchev–Trinajstić information content (AvgIpc) is 3.07. The van der Waals surface area contributed by atoms with Crippen LogP contribution in [0.5, 0.6) is 0 Å². The standard InChI is InChI=1S/C27H27N3O3/c1-26(23-12-6-3-7-13-23)27(33-25(32)30(26)20-21-9-8-16-28-19-21)14-17-29(18-15-27)24(31)22-10-4-2-5-11-22/h2-13,16,19H,14-15,17-18,20H2,1H3. The highest BCUT2D eigenvalue weighted by Crippen LogP contribution is 2.52. The minimum absolute atomic E-state index is 0.0170. The number of carbonyl (C=O) groups is 2. The van der Waals surface area contributed by atoms with Gasteiger partial charge in [-0.05, 0) is 36.2 Å². The molecule has 0 N–H and O–H groups in total. The maximum atomic E-state index is 13.3. The Morgan fingerprint density at radius 1 is 0.970 bits per heavy atom. The van der Waals surface area contributed by atoms with E-state index >= 15 is 0 Å². The molecule has 1 spiro atoms. The van der Waals surface area contributed by atoms with Gasteiger partial charge in [-0.25, -0.2) is 4.79 Å². The Hall–Kier alpha value is -3.67. The lowest BCUT2D eigenvalue weighted by atomic mass is 9.70. The fourth-order valence-electron chi connectivity index (χ4n) is 5.25. The zero-order valence-corrected chi connectivity index (χ0v) is 18.7. The van der Waals surface area contributed by atoms with Gasteiger partial charge in [-0.3, -0.25) is 14.7 Å². The van der Waals surface area contributed by atoms with Crippen LogP contribution in [-0.2, 0) is 16.8 Å². The van der Waals surface area contributed by atoms with Crippen molar-refractivity contribution >= 4 is 12.0 Å². The van der Waals surface area contributed by atoms with Crippen molar-refractivity contribution in [1.82, 2.24) is 14.8 Å². The van der Waals surface area contributed by atoms with Gasteiger partial charge in [-0.2, -0.15) is 0 Å². The van der Waals surface area contributed by atoms with Crippen molar-refractivity contribution in [2.45, 2.75) is 37.5 Å². The van der Waals surface area contributed by atoms with Crippen molar-refractivity contribution in [1.29, 1.82) is 0 Å². The van der Waals surface area contributed by atoms with Gasteiger partial charge in [0, 0.05) is 43.9 Å². The van der Waals surface area contributed by atoms with E-state index < -0.39 is 11.1 Å². The number of nitrogens with zero attached hydrogens (tertiary/aromatic N) is 3. The van der Waals surface area contributed by atoms with Crippen LogP contribution in [0.1, 0.15) is 41.3 Å². The molecule has 0 radical (unpaired) electrons. The van der Waals surface area contributed by atoms with Crippen molar-refractivity contribution in [2.75, 3.05) is 13.1 Å². The highest BCUT2D eigenvalue weighted by molar-refractivity contribution is 5.94. The first kappa shape index (κ1) is 21.2. The second-order valence-corrected chi connectivity index (χ2v) is 8.91. The molecule has 168 valence electrons. The predicted molar refractivity (Wildman–Crippen MR) is 124 cm³/mol. The number of ether oxygens (including phenoxy) is 1. The van der Waals surface area contributed by atoms with Gasteiger partial charge in [0.2, 0.25) is 0 Å². The quantitative estimate of drug-likeness (QED) is 0.593. The summed E-state index contributed by atoms with van der Waals surface area (Å²) in [7, 11) is 0. The number of rotatable bonds is 4. The number of hydrogen-bond acceptors (Lipinski definition) is 4. The van der Waals surface area contributed by atoms with Crippen molar-refractivity contribution in [3.05, 3.63) is 102 Å². The second kappa shape index (κ2) is 8.35.